The Kier molecular flexibility index (Phi) is 6.77. The monoisotopic (exact) mass is 447 g/mol. The van der Waals surface area contributed by atoms with E-state index >= 15 is 0 Å². The van der Waals surface area contributed by atoms with E-state index in [2.05, 4.69) is 37.7 Å². The van der Waals surface area contributed by atoms with Crippen LogP contribution in [0.15, 0.2) is 66.9 Å². The molecule has 0 aliphatic heterocycles. The summed E-state index contributed by atoms with van der Waals surface area (Å²) in [5.74, 6) is 0.384. The summed E-state index contributed by atoms with van der Waals surface area (Å²) < 4.78 is 0. The van der Waals surface area contributed by atoms with Gasteiger partial charge in [-0.15, -0.1) is 0 Å². The van der Waals surface area contributed by atoms with E-state index in [0.29, 0.717) is 34.8 Å². The number of carbonyl (C=O) groups is 1. The Labute approximate surface area is 190 Å². The molecule has 0 aliphatic rings. The summed E-state index contributed by atoms with van der Waals surface area (Å²) in [6, 6.07) is 18.2. The Morgan fingerprint density at radius 1 is 1.00 bits per heavy atom. The molecule has 32 heavy (non-hydrogen) atoms. The second-order valence-electron chi connectivity index (χ2n) is 7.28. The number of amides is 2. The number of aromatic nitrogens is 3. The second kappa shape index (κ2) is 10.1. The van der Waals surface area contributed by atoms with Gasteiger partial charge in [-0.05, 0) is 55.2 Å². The van der Waals surface area contributed by atoms with E-state index in [1.807, 2.05) is 18.2 Å². The topological polar surface area (TPSA) is 100 Å². The normalized spacial score (nSPS) is 10.8. The van der Waals surface area contributed by atoms with Crippen LogP contribution in [0.3, 0.4) is 0 Å². The number of anilines is 1. The van der Waals surface area contributed by atoms with Gasteiger partial charge in [0.15, 0.2) is 5.65 Å². The van der Waals surface area contributed by atoms with Crippen LogP contribution in [0.1, 0.15) is 18.4 Å². The molecule has 162 valence electrons. The number of pyridine rings is 1. The number of nitrogens with zero attached hydrogens (tertiary/aromatic N) is 3. The minimum absolute atomic E-state index is 0.000135. The molecule has 2 amide bonds. The molecule has 0 radical (unpaired) electrons. The third kappa shape index (κ3) is 5.50. The molecule has 8 heteroatoms. The summed E-state index contributed by atoms with van der Waals surface area (Å²) in [5.41, 5.74) is 3.56. The summed E-state index contributed by atoms with van der Waals surface area (Å²) in [4.78, 5) is 25.5. The molecule has 0 saturated heterocycles. The summed E-state index contributed by atoms with van der Waals surface area (Å²) in [6.45, 7) is 0.581. The van der Waals surface area contributed by atoms with Gasteiger partial charge in [-0.25, -0.2) is 14.8 Å². The number of hydrogen-bond donors (Lipinski definition) is 3. The van der Waals surface area contributed by atoms with Crippen molar-refractivity contribution >= 4 is 34.6 Å². The van der Waals surface area contributed by atoms with E-state index in [1.54, 1.807) is 30.5 Å². The number of halogens is 1. The first-order chi connectivity index (χ1) is 15.6. The van der Waals surface area contributed by atoms with Crippen LogP contribution in [-0.4, -0.2) is 32.6 Å². The first-order valence-corrected chi connectivity index (χ1v) is 10.7. The van der Waals surface area contributed by atoms with E-state index in [4.69, 9.17) is 11.6 Å². The van der Waals surface area contributed by atoms with Crippen molar-refractivity contribution < 1.29 is 9.90 Å². The number of unbranched alkanes of at least 4 members (excludes halogenated alkanes) is 1. The molecule has 4 aromatic rings. The Bertz CT molecular complexity index is 1230. The molecule has 0 aliphatic carbocycles. The lowest BCUT2D eigenvalue weighted by Crippen LogP contribution is -2.29. The number of aromatic hydroxyl groups is 1. The highest BCUT2D eigenvalue weighted by molar-refractivity contribution is 6.32. The van der Waals surface area contributed by atoms with Crippen LogP contribution in [0, 0.1) is 0 Å². The summed E-state index contributed by atoms with van der Waals surface area (Å²) >= 11 is 5.99. The lowest BCUT2D eigenvalue weighted by Gasteiger charge is -2.08. The maximum absolute atomic E-state index is 12.2. The number of carbonyl (C=O) groups excluding carboxylic acids is 1. The molecule has 0 atom stereocenters. The van der Waals surface area contributed by atoms with Gasteiger partial charge in [0.05, 0.1) is 16.9 Å². The number of phenols is 1. The van der Waals surface area contributed by atoms with Crippen molar-refractivity contribution in [2.45, 2.75) is 19.3 Å². The van der Waals surface area contributed by atoms with Crippen LogP contribution in [0.25, 0.3) is 22.4 Å². The van der Waals surface area contributed by atoms with Gasteiger partial charge in [0.1, 0.15) is 17.1 Å². The van der Waals surface area contributed by atoms with Crippen LogP contribution < -0.4 is 10.6 Å². The van der Waals surface area contributed by atoms with E-state index in [1.165, 1.54) is 11.6 Å². The molecule has 4 rings (SSSR count). The number of hydrogen-bond acceptors (Lipinski definition) is 5. The molecular weight excluding hydrogens is 426 g/mol. The minimum Gasteiger partial charge on any atom is -0.506 e. The molecule has 0 fully saturated rings. The number of urea groups is 1. The van der Waals surface area contributed by atoms with E-state index in [9.17, 15) is 9.90 Å². The molecule has 3 N–H and O–H groups in total. The lowest BCUT2D eigenvalue weighted by molar-refractivity contribution is 0.252. The molecule has 0 spiro atoms. The molecular formula is C24H22ClN5O2. The Hall–Kier alpha value is -3.71. The van der Waals surface area contributed by atoms with Crippen molar-refractivity contribution in [3.05, 3.63) is 77.4 Å². The predicted octanol–water partition coefficient (Wildman–Crippen LogP) is 5.20. The van der Waals surface area contributed by atoms with Gasteiger partial charge in [0.25, 0.3) is 0 Å². The first-order valence-electron chi connectivity index (χ1n) is 10.3. The van der Waals surface area contributed by atoms with Gasteiger partial charge < -0.3 is 10.4 Å². The van der Waals surface area contributed by atoms with Crippen LogP contribution in [-0.2, 0) is 6.42 Å². The van der Waals surface area contributed by atoms with Crippen LogP contribution in [0.5, 0.6) is 5.75 Å². The van der Waals surface area contributed by atoms with Gasteiger partial charge in [-0.2, -0.15) is 0 Å². The van der Waals surface area contributed by atoms with Crippen molar-refractivity contribution in [2.75, 3.05) is 11.9 Å². The highest BCUT2D eigenvalue weighted by atomic mass is 35.5. The average molecular weight is 448 g/mol. The molecule has 2 heterocycles. The number of nitrogens with one attached hydrogen (secondary N) is 2. The van der Waals surface area contributed by atoms with Crippen LogP contribution in [0.2, 0.25) is 5.02 Å². The first kappa shape index (κ1) is 21.5. The van der Waals surface area contributed by atoms with Crippen molar-refractivity contribution in [3.8, 4) is 17.0 Å². The quantitative estimate of drug-likeness (QED) is 0.338. The smallest absolute Gasteiger partial charge is 0.320 e. The Morgan fingerprint density at radius 3 is 2.66 bits per heavy atom. The number of rotatable bonds is 7. The maximum Gasteiger partial charge on any atom is 0.320 e. The van der Waals surface area contributed by atoms with Gasteiger partial charge in [0, 0.05) is 12.1 Å². The standard InChI is InChI=1S/C24H22ClN5O2/c25-18-14-17(9-11-21(18)31)20-15-27-19-10-12-22(29-23(19)28-20)30-24(32)26-13-5-4-8-16-6-2-1-3-7-16/h1-3,6-7,9-12,14-15,31H,4-5,8,13H2,(H2,26,28,29,30,32). The second-order valence-corrected chi connectivity index (χ2v) is 7.69. The Balaban J connectivity index is 1.34. The maximum atomic E-state index is 12.2. The highest BCUT2D eigenvalue weighted by Crippen LogP contribution is 2.28. The summed E-state index contributed by atoms with van der Waals surface area (Å²) in [7, 11) is 0. The molecule has 7 nitrogen and oxygen atoms in total. The van der Waals surface area contributed by atoms with Crippen molar-refractivity contribution in [1.29, 1.82) is 0 Å². The Morgan fingerprint density at radius 2 is 1.84 bits per heavy atom. The average Bonchev–Trinajstić information content (AvgIpc) is 2.81. The SMILES string of the molecule is O=C(NCCCCc1ccccc1)Nc1ccc2ncc(-c3ccc(O)c(Cl)c3)nc2n1. The van der Waals surface area contributed by atoms with Gasteiger partial charge >= 0.3 is 6.03 Å². The third-order valence-corrected chi connectivity index (χ3v) is 5.22. The van der Waals surface area contributed by atoms with Gasteiger partial charge in [-0.1, -0.05) is 41.9 Å². The zero-order valence-electron chi connectivity index (χ0n) is 17.3. The zero-order valence-corrected chi connectivity index (χ0v) is 18.0. The third-order valence-electron chi connectivity index (χ3n) is 4.91. The van der Waals surface area contributed by atoms with E-state index in [-0.39, 0.29) is 16.8 Å². The highest BCUT2D eigenvalue weighted by Gasteiger charge is 2.09. The summed E-state index contributed by atoms with van der Waals surface area (Å²) in [6.07, 6.45) is 4.49. The van der Waals surface area contributed by atoms with E-state index < -0.39 is 0 Å². The zero-order chi connectivity index (χ0) is 22.3. The largest absolute Gasteiger partial charge is 0.506 e. The van der Waals surface area contributed by atoms with E-state index in [0.717, 1.165) is 19.3 Å². The molecule has 0 unspecified atom stereocenters. The fourth-order valence-electron chi connectivity index (χ4n) is 3.23. The van der Waals surface area contributed by atoms with Gasteiger partial charge in [-0.3, -0.25) is 10.3 Å². The van der Waals surface area contributed by atoms with Crippen LogP contribution >= 0.6 is 11.6 Å². The fourth-order valence-corrected chi connectivity index (χ4v) is 3.41. The minimum atomic E-state index is -0.314. The molecule has 2 aromatic heterocycles. The van der Waals surface area contributed by atoms with Crippen LogP contribution in [0.4, 0.5) is 10.6 Å². The predicted molar refractivity (Wildman–Crippen MR) is 126 cm³/mol. The molecule has 2 aromatic carbocycles. The number of benzene rings is 2. The lowest BCUT2D eigenvalue weighted by atomic mass is 10.1. The number of phenolic OH excluding ortho intramolecular Hbond substituents is 1. The van der Waals surface area contributed by atoms with Gasteiger partial charge in [0.2, 0.25) is 0 Å². The molecule has 0 saturated carbocycles. The molecule has 0 bridgehead atoms. The number of fused-ring (bicyclic) bond motifs is 1. The number of aryl methyl sites for hydroxylation is 1. The fraction of sp³-hybridized carbons (Fsp3) is 0.167. The van der Waals surface area contributed by atoms with Crippen molar-refractivity contribution in [1.82, 2.24) is 20.3 Å². The summed E-state index contributed by atoms with van der Waals surface area (Å²) in [5, 5.41) is 15.4. The van der Waals surface area contributed by atoms with Crippen molar-refractivity contribution in [2.24, 2.45) is 0 Å². The van der Waals surface area contributed by atoms with Crippen molar-refractivity contribution in [3.63, 3.8) is 0 Å².